The van der Waals surface area contributed by atoms with Gasteiger partial charge >= 0.3 is 23.9 Å². The fourth-order valence-corrected chi connectivity index (χ4v) is 3.12. The van der Waals surface area contributed by atoms with E-state index in [0.717, 1.165) is 0 Å². The lowest BCUT2D eigenvalue weighted by atomic mass is 10.1. The average Bonchev–Trinajstić information content (AvgIpc) is 2.67. The van der Waals surface area contributed by atoms with Gasteiger partial charge in [-0.25, -0.2) is 0 Å². The lowest BCUT2D eigenvalue weighted by Crippen LogP contribution is -2.49. The SMILES string of the molecule is O=C(O)CCC(C(=O)O)N1CCNCCN(C(CCC(=O)O)C(=O)O)CC1. The maximum Gasteiger partial charge on any atom is 0.320 e. The summed E-state index contributed by atoms with van der Waals surface area (Å²) in [6, 6.07) is -1.96. The van der Waals surface area contributed by atoms with Gasteiger partial charge in [0, 0.05) is 52.1 Å². The summed E-state index contributed by atoms with van der Waals surface area (Å²) >= 11 is 0. The second-order valence-corrected chi connectivity index (χ2v) is 6.39. The van der Waals surface area contributed by atoms with Gasteiger partial charge in [0.1, 0.15) is 12.1 Å². The zero-order valence-corrected chi connectivity index (χ0v) is 15.0. The molecule has 2 unspecified atom stereocenters. The van der Waals surface area contributed by atoms with Crippen LogP contribution in [0.5, 0.6) is 0 Å². The highest BCUT2D eigenvalue weighted by Gasteiger charge is 2.30. The molecule has 154 valence electrons. The van der Waals surface area contributed by atoms with Crippen LogP contribution >= 0.6 is 0 Å². The molecule has 1 saturated heterocycles. The molecule has 11 nitrogen and oxygen atoms in total. The molecule has 27 heavy (non-hydrogen) atoms. The largest absolute Gasteiger partial charge is 0.481 e. The summed E-state index contributed by atoms with van der Waals surface area (Å²) in [5, 5.41) is 39.7. The second kappa shape index (κ2) is 11.5. The van der Waals surface area contributed by atoms with Crippen LogP contribution < -0.4 is 5.32 Å². The minimum atomic E-state index is -1.12. The van der Waals surface area contributed by atoms with Crippen molar-refractivity contribution < 1.29 is 39.6 Å². The number of hydrogen-bond donors (Lipinski definition) is 5. The van der Waals surface area contributed by atoms with E-state index >= 15 is 0 Å². The Bertz CT molecular complexity index is 496. The molecule has 1 fully saturated rings. The first-order chi connectivity index (χ1) is 12.7. The predicted octanol–water partition coefficient (Wildman–Crippen LogP) is -1.17. The fourth-order valence-electron chi connectivity index (χ4n) is 3.12. The van der Waals surface area contributed by atoms with Crippen LogP contribution in [-0.2, 0) is 19.2 Å². The summed E-state index contributed by atoms with van der Waals surface area (Å²) in [7, 11) is 0. The van der Waals surface area contributed by atoms with Gasteiger partial charge in [-0.1, -0.05) is 0 Å². The zero-order chi connectivity index (χ0) is 20.4. The van der Waals surface area contributed by atoms with Crippen molar-refractivity contribution in [2.75, 3.05) is 39.3 Å². The summed E-state index contributed by atoms with van der Waals surface area (Å²) in [5.74, 6) is -4.40. The molecule has 1 aliphatic rings. The third-order valence-electron chi connectivity index (χ3n) is 4.54. The minimum absolute atomic E-state index is 0.0496. The monoisotopic (exact) mass is 389 g/mol. The van der Waals surface area contributed by atoms with Crippen LogP contribution in [0, 0.1) is 0 Å². The van der Waals surface area contributed by atoms with E-state index in [1.807, 2.05) is 0 Å². The van der Waals surface area contributed by atoms with Crippen LogP contribution in [0.4, 0.5) is 0 Å². The van der Waals surface area contributed by atoms with Crippen LogP contribution in [-0.4, -0.2) is 105 Å². The lowest BCUT2D eigenvalue weighted by molar-refractivity contribution is -0.147. The van der Waals surface area contributed by atoms with Crippen molar-refractivity contribution in [3.63, 3.8) is 0 Å². The van der Waals surface area contributed by atoms with Crippen LogP contribution in [0.2, 0.25) is 0 Å². The topological polar surface area (TPSA) is 168 Å². The number of carboxylic acid groups (broad SMARTS) is 4. The van der Waals surface area contributed by atoms with E-state index in [0.29, 0.717) is 26.2 Å². The number of carbonyl (C=O) groups is 4. The number of nitrogens with one attached hydrogen (secondary N) is 1. The van der Waals surface area contributed by atoms with Gasteiger partial charge in [-0.2, -0.15) is 0 Å². The van der Waals surface area contributed by atoms with E-state index < -0.39 is 36.0 Å². The summed E-state index contributed by atoms with van der Waals surface area (Å²) in [6.07, 6.45) is -0.653. The van der Waals surface area contributed by atoms with Crippen LogP contribution in [0.1, 0.15) is 25.7 Å². The van der Waals surface area contributed by atoms with E-state index in [1.54, 1.807) is 9.80 Å². The second-order valence-electron chi connectivity index (χ2n) is 6.39. The summed E-state index contributed by atoms with van der Waals surface area (Å²) < 4.78 is 0. The first-order valence-corrected chi connectivity index (χ1v) is 8.80. The van der Waals surface area contributed by atoms with Gasteiger partial charge in [0.2, 0.25) is 0 Å². The van der Waals surface area contributed by atoms with Gasteiger partial charge in [-0.3, -0.25) is 29.0 Å². The van der Waals surface area contributed by atoms with Gasteiger partial charge in [-0.05, 0) is 12.8 Å². The van der Waals surface area contributed by atoms with E-state index in [2.05, 4.69) is 5.32 Å². The Morgan fingerprint density at radius 1 is 0.704 bits per heavy atom. The molecular weight excluding hydrogens is 362 g/mol. The summed E-state index contributed by atoms with van der Waals surface area (Å²) in [4.78, 5) is 48.0. The first-order valence-electron chi connectivity index (χ1n) is 8.80. The molecule has 0 spiro atoms. The van der Waals surface area contributed by atoms with Crippen molar-refractivity contribution in [2.24, 2.45) is 0 Å². The molecule has 0 aliphatic carbocycles. The van der Waals surface area contributed by atoms with Gasteiger partial charge in [-0.15, -0.1) is 0 Å². The summed E-state index contributed by atoms with van der Waals surface area (Å²) in [5.41, 5.74) is 0. The van der Waals surface area contributed by atoms with Gasteiger partial charge in [0.15, 0.2) is 0 Å². The van der Waals surface area contributed by atoms with Crippen molar-refractivity contribution in [2.45, 2.75) is 37.8 Å². The lowest BCUT2D eigenvalue weighted by Gasteiger charge is -2.32. The Labute approximate surface area is 156 Å². The predicted molar refractivity (Wildman–Crippen MR) is 92.6 cm³/mol. The third-order valence-corrected chi connectivity index (χ3v) is 4.54. The van der Waals surface area contributed by atoms with Crippen molar-refractivity contribution in [3.8, 4) is 0 Å². The molecule has 0 aromatic rings. The number of nitrogens with zero attached hydrogens (tertiary/aromatic N) is 2. The maximum absolute atomic E-state index is 11.6. The molecule has 0 amide bonds. The Hall–Kier alpha value is -2.24. The number of aliphatic carboxylic acids is 4. The molecule has 1 heterocycles. The van der Waals surface area contributed by atoms with Crippen molar-refractivity contribution in [3.05, 3.63) is 0 Å². The third kappa shape index (κ3) is 8.33. The smallest absolute Gasteiger partial charge is 0.320 e. The Morgan fingerprint density at radius 3 is 1.37 bits per heavy atom. The molecular formula is C16H27N3O8. The van der Waals surface area contributed by atoms with Crippen LogP contribution in [0.25, 0.3) is 0 Å². The van der Waals surface area contributed by atoms with Crippen molar-refractivity contribution in [1.29, 1.82) is 0 Å². The van der Waals surface area contributed by atoms with E-state index in [4.69, 9.17) is 10.2 Å². The molecule has 0 bridgehead atoms. The van der Waals surface area contributed by atoms with E-state index in [-0.39, 0.29) is 38.8 Å². The Kier molecular flexibility index (Phi) is 9.68. The van der Waals surface area contributed by atoms with Crippen LogP contribution in [0.3, 0.4) is 0 Å². The molecule has 0 aromatic carbocycles. The molecule has 11 heteroatoms. The number of hydrogen-bond acceptors (Lipinski definition) is 7. The van der Waals surface area contributed by atoms with E-state index in [9.17, 15) is 29.4 Å². The highest BCUT2D eigenvalue weighted by Crippen LogP contribution is 2.12. The highest BCUT2D eigenvalue weighted by molar-refractivity contribution is 5.75. The molecule has 5 N–H and O–H groups in total. The molecule has 1 rings (SSSR count). The van der Waals surface area contributed by atoms with Gasteiger partial charge in [0.25, 0.3) is 0 Å². The normalized spacial score (nSPS) is 19.3. The fraction of sp³-hybridized carbons (Fsp3) is 0.750. The Morgan fingerprint density at radius 2 is 1.07 bits per heavy atom. The molecule has 2 atom stereocenters. The first kappa shape index (κ1) is 22.8. The van der Waals surface area contributed by atoms with Crippen LogP contribution in [0.15, 0.2) is 0 Å². The van der Waals surface area contributed by atoms with E-state index in [1.165, 1.54) is 0 Å². The molecule has 0 saturated carbocycles. The highest BCUT2D eigenvalue weighted by atomic mass is 16.4. The van der Waals surface area contributed by atoms with Crippen molar-refractivity contribution in [1.82, 2.24) is 15.1 Å². The average molecular weight is 389 g/mol. The minimum Gasteiger partial charge on any atom is -0.481 e. The zero-order valence-electron chi connectivity index (χ0n) is 15.0. The maximum atomic E-state index is 11.6. The standard InChI is InChI=1S/C16H27N3O8/c20-13(21)3-1-11(15(24)25)18-7-5-17-6-8-19(10-9-18)12(16(26)27)2-4-14(22)23/h11-12,17H,1-10H2,(H,20,21)(H,22,23)(H,24,25)(H,26,27). The number of carboxylic acids is 4. The van der Waals surface area contributed by atoms with Gasteiger partial charge < -0.3 is 25.7 Å². The van der Waals surface area contributed by atoms with Gasteiger partial charge in [0.05, 0.1) is 0 Å². The molecule has 0 aromatic heterocycles. The molecule has 0 radical (unpaired) electrons. The molecule has 1 aliphatic heterocycles. The number of rotatable bonds is 10. The summed E-state index contributed by atoms with van der Waals surface area (Å²) in [6.45, 7) is 2.23. The van der Waals surface area contributed by atoms with Crippen molar-refractivity contribution >= 4 is 23.9 Å². The Balaban J connectivity index is 2.85. The quantitative estimate of drug-likeness (QED) is 0.305.